The average Bonchev–Trinajstić information content (AvgIpc) is 2.39. The van der Waals surface area contributed by atoms with Crippen LogP contribution >= 0.6 is 15.9 Å². The lowest BCUT2D eigenvalue weighted by Crippen LogP contribution is -2.16. The number of hydrogen-bond donors (Lipinski definition) is 0. The normalized spacial score (nSPS) is 9.83. The third-order valence-electron chi connectivity index (χ3n) is 2.62. The molecule has 0 aliphatic rings. The lowest BCUT2D eigenvalue weighted by atomic mass is 10.2. The van der Waals surface area contributed by atoms with Crippen molar-refractivity contribution in [1.82, 2.24) is 4.98 Å². The number of halogens is 1. The maximum Gasteiger partial charge on any atom is 0.0992 e. The van der Waals surface area contributed by atoms with Gasteiger partial charge < -0.3 is 4.90 Å². The minimum absolute atomic E-state index is 0.654. The molecule has 1 aromatic carbocycles. The lowest BCUT2D eigenvalue weighted by molar-refractivity contribution is 0.918. The predicted molar refractivity (Wildman–Crippen MR) is 75.2 cm³/mol. The lowest BCUT2D eigenvalue weighted by Gasteiger charge is -2.19. The van der Waals surface area contributed by atoms with E-state index in [1.807, 2.05) is 37.4 Å². The average molecular weight is 302 g/mol. The molecule has 1 heterocycles. The highest BCUT2D eigenvalue weighted by Crippen LogP contribution is 2.23. The van der Waals surface area contributed by atoms with Gasteiger partial charge in [-0.25, -0.2) is 0 Å². The molecule has 0 N–H and O–H groups in total. The van der Waals surface area contributed by atoms with Gasteiger partial charge in [-0.3, -0.25) is 4.98 Å². The summed E-state index contributed by atoms with van der Waals surface area (Å²) in [5.74, 6) is 0. The molecule has 18 heavy (non-hydrogen) atoms. The van der Waals surface area contributed by atoms with Crippen molar-refractivity contribution in [2.75, 3.05) is 11.9 Å². The number of rotatable bonds is 3. The number of anilines is 1. The molecule has 0 radical (unpaired) electrons. The Bertz CT molecular complexity index is 575. The SMILES string of the molecule is CN(Cc1ccncc1)c1cc(Br)cc(C#N)c1. The zero-order valence-electron chi connectivity index (χ0n) is 9.97. The summed E-state index contributed by atoms with van der Waals surface area (Å²) >= 11 is 3.42. The highest BCUT2D eigenvalue weighted by Gasteiger charge is 2.05. The number of aromatic nitrogens is 1. The van der Waals surface area contributed by atoms with Gasteiger partial charge in [-0.05, 0) is 35.9 Å². The number of hydrogen-bond acceptors (Lipinski definition) is 3. The Balaban J connectivity index is 2.21. The van der Waals surface area contributed by atoms with Crippen LogP contribution < -0.4 is 4.90 Å². The second kappa shape index (κ2) is 5.65. The van der Waals surface area contributed by atoms with Gasteiger partial charge in [0.1, 0.15) is 0 Å². The summed E-state index contributed by atoms with van der Waals surface area (Å²) in [5.41, 5.74) is 2.85. The Hall–Kier alpha value is -1.86. The van der Waals surface area contributed by atoms with Crippen LogP contribution in [0.15, 0.2) is 47.2 Å². The summed E-state index contributed by atoms with van der Waals surface area (Å²) < 4.78 is 0.915. The Morgan fingerprint density at radius 3 is 2.67 bits per heavy atom. The summed E-state index contributed by atoms with van der Waals surface area (Å²) in [4.78, 5) is 6.10. The van der Waals surface area contributed by atoms with E-state index in [9.17, 15) is 0 Å². The van der Waals surface area contributed by atoms with Gasteiger partial charge in [0.15, 0.2) is 0 Å². The molecular weight excluding hydrogens is 290 g/mol. The molecule has 4 heteroatoms. The molecule has 2 aromatic rings. The third-order valence-corrected chi connectivity index (χ3v) is 3.08. The van der Waals surface area contributed by atoms with Crippen LogP contribution in [0.5, 0.6) is 0 Å². The van der Waals surface area contributed by atoms with Crippen molar-refractivity contribution in [2.24, 2.45) is 0 Å². The summed E-state index contributed by atoms with van der Waals surface area (Å²) in [6.45, 7) is 0.782. The molecule has 0 saturated heterocycles. The van der Waals surface area contributed by atoms with Crippen LogP contribution in [0.3, 0.4) is 0 Å². The van der Waals surface area contributed by atoms with Crippen LogP contribution in [0.4, 0.5) is 5.69 Å². The van der Waals surface area contributed by atoms with Gasteiger partial charge in [0.25, 0.3) is 0 Å². The fourth-order valence-corrected chi connectivity index (χ4v) is 2.19. The van der Waals surface area contributed by atoms with E-state index < -0.39 is 0 Å². The minimum atomic E-state index is 0.654. The molecule has 1 aromatic heterocycles. The topological polar surface area (TPSA) is 39.9 Å². The minimum Gasteiger partial charge on any atom is -0.370 e. The van der Waals surface area contributed by atoms with Crippen LogP contribution in [0.25, 0.3) is 0 Å². The zero-order chi connectivity index (χ0) is 13.0. The second-order valence-corrected chi connectivity index (χ2v) is 4.94. The van der Waals surface area contributed by atoms with E-state index in [0.29, 0.717) is 5.56 Å². The smallest absolute Gasteiger partial charge is 0.0992 e. The first kappa shape index (κ1) is 12.6. The molecule has 2 rings (SSSR count). The van der Waals surface area contributed by atoms with E-state index in [-0.39, 0.29) is 0 Å². The molecular formula is C14H12BrN3. The highest BCUT2D eigenvalue weighted by atomic mass is 79.9. The number of benzene rings is 1. The Morgan fingerprint density at radius 2 is 2.00 bits per heavy atom. The van der Waals surface area contributed by atoms with Crippen LogP contribution in [-0.2, 0) is 6.54 Å². The number of pyridine rings is 1. The van der Waals surface area contributed by atoms with Gasteiger partial charge in [0, 0.05) is 36.1 Å². The third kappa shape index (κ3) is 3.08. The summed E-state index contributed by atoms with van der Waals surface area (Å²) in [7, 11) is 2.00. The van der Waals surface area contributed by atoms with Crippen LogP contribution in [0.1, 0.15) is 11.1 Å². The Morgan fingerprint density at radius 1 is 1.28 bits per heavy atom. The van der Waals surface area contributed by atoms with Gasteiger partial charge in [-0.15, -0.1) is 0 Å². The van der Waals surface area contributed by atoms with Gasteiger partial charge in [-0.2, -0.15) is 5.26 Å². The Labute approximate surface area is 115 Å². The molecule has 0 fully saturated rings. The van der Waals surface area contributed by atoms with E-state index in [2.05, 4.69) is 31.9 Å². The molecule has 0 unspecified atom stereocenters. The van der Waals surface area contributed by atoms with Crippen molar-refractivity contribution in [2.45, 2.75) is 6.54 Å². The fourth-order valence-electron chi connectivity index (χ4n) is 1.71. The van der Waals surface area contributed by atoms with Crippen molar-refractivity contribution in [3.05, 3.63) is 58.3 Å². The zero-order valence-corrected chi connectivity index (χ0v) is 11.6. The molecule has 0 bridgehead atoms. The van der Waals surface area contributed by atoms with Gasteiger partial charge in [-0.1, -0.05) is 15.9 Å². The van der Waals surface area contributed by atoms with Gasteiger partial charge in [0.05, 0.1) is 11.6 Å². The number of nitrogens with zero attached hydrogens (tertiary/aromatic N) is 3. The quantitative estimate of drug-likeness (QED) is 0.873. The summed E-state index contributed by atoms with van der Waals surface area (Å²) in [6.07, 6.45) is 3.57. The maximum atomic E-state index is 8.96. The largest absolute Gasteiger partial charge is 0.370 e. The second-order valence-electron chi connectivity index (χ2n) is 4.02. The first-order valence-electron chi connectivity index (χ1n) is 5.50. The highest BCUT2D eigenvalue weighted by molar-refractivity contribution is 9.10. The van der Waals surface area contributed by atoms with Crippen LogP contribution in [0.2, 0.25) is 0 Å². The van der Waals surface area contributed by atoms with Crippen molar-refractivity contribution >= 4 is 21.6 Å². The first-order valence-corrected chi connectivity index (χ1v) is 6.29. The fraction of sp³-hybridized carbons (Fsp3) is 0.143. The molecule has 0 aliphatic carbocycles. The van der Waals surface area contributed by atoms with Crippen molar-refractivity contribution < 1.29 is 0 Å². The van der Waals surface area contributed by atoms with E-state index in [1.54, 1.807) is 12.4 Å². The van der Waals surface area contributed by atoms with Crippen LogP contribution in [0, 0.1) is 11.3 Å². The standard InChI is InChI=1S/C14H12BrN3/c1-18(10-11-2-4-17-5-3-11)14-7-12(9-16)6-13(15)8-14/h2-8H,10H2,1H3. The van der Waals surface area contributed by atoms with E-state index in [1.165, 1.54) is 5.56 Å². The first-order chi connectivity index (χ1) is 8.69. The van der Waals surface area contributed by atoms with Crippen molar-refractivity contribution in [3.8, 4) is 6.07 Å². The van der Waals surface area contributed by atoms with E-state index in [0.717, 1.165) is 16.7 Å². The molecule has 90 valence electrons. The van der Waals surface area contributed by atoms with Crippen molar-refractivity contribution in [3.63, 3.8) is 0 Å². The molecule has 0 saturated carbocycles. The molecule has 3 nitrogen and oxygen atoms in total. The summed E-state index contributed by atoms with van der Waals surface area (Å²) in [6, 6.07) is 11.8. The number of nitriles is 1. The summed E-state index contributed by atoms with van der Waals surface area (Å²) in [5, 5.41) is 8.96. The van der Waals surface area contributed by atoms with E-state index >= 15 is 0 Å². The molecule has 0 atom stereocenters. The van der Waals surface area contributed by atoms with E-state index in [4.69, 9.17) is 5.26 Å². The maximum absolute atomic E-state index is 8.96. The van der Waals surface area contributed by atoms with Crippen molar-refractivity contribution in [1.29, 1.82) is 5.26 Å². The van der Waals surface area contributed by atoms with Gasteiger partial charge >= 0.3 is 0 Å². The predicted octanol–water partition coefficient (Wildman–Crippen LogP) is 3.35. The molecule has 0 aliphatic heterocycles. The van der Waals surface area contributed by atoms with Crippen LogP contribution in [-0.4, -0.2) is 12.0 Å². The monoisotopic (exact) mass is 301 g/mol. The Kier molecular flexibility index (Phi) is 3.96. The molecule has 0 spiro atoms. The molecule has 0 amide bonds. The van der Waals surface area contributed by atoms with Gasteiger partial charge in [0.2, 0.25) is 0 Å².